The van der Waals surface area contributed by atoms with Gasteiger partial charge in [0.15, 0.2) is 0 Å². The van der Waals surface area contributed by atoms with Gasteiger partial charge >= 0.3 is 0 Å². The van der Waals surface area contributed by atoms with Crippen LogP contribution in [0.2, 0.25) is 0 Å². The van der Waals surface area contributed by atoms with Crippen molar-refractivity contribution < 1.29 is 0 Å². The lowest BCUT2D eigenvalue weighted by molar-refractivity contribution is 1.32. The fourth-order valence-corrected chi connectivity index (χ4v) is 0.898. The highest BCUT2D eigenvalue weighted by Crippen LogP contribution is 1.97. The average Bonchev–Trinajstić information content (AvgIpc) is 2.12. The summed E-state index contributed by atoms with van der Waals surface area (Å²) in [6, 6.07) is 0. The SMILES string of the molecule is N=C(N)c1cscn1. The first-order valence-electron chi connectivity index (χ1n) is 2.03. The summed E-state index contributed by atoms with van der Waals surface area (Å²) in [4.78, 5) is 3.78. The van der Waals surface area contributed by atoms with E-state index in [1.54, 1.807) is 10.9 Å². The second kappa shape index (κ2) is 1.92. The summed E-state index contributed by atoms with van der Waals surface area (Å²) < 4.78 is 0. The molecule has 0 aromatic carbocycles. The molecule has 3 N–H and O–H groups in total. The Balaban J connectivity index is 2.93. The van der Waals surface area contributed by atoms with Crippen LogP contribution in [-0.4, -0.2) is 10.8 Å². The molecule has 0 unspecified atom stereocenters. The summed E-state index contributed by atoms with van der Waals surface area (Å²) in [7, 11) is 0. The van der Waals surface area contributed by atoms with Gasteiger partial charge in [-0.05, 0) is 0 Å². The van der Waals surface area contributed by atoms with Gasteiger partial charge in [-0.2, -0.15) is 0 Å². The van der Waals surface area contributed by atoms with E-state index in [-0.39, 0.29) is 5.84 Å². The molecule has 1 rings (SSSR count). The van der Waals surface area contributed by atoms with Crippen molar-refractivity contribution in [3.63, 3.8) is 0 Å². The number of aromatic nitrogens is 1. The van der Waals surface area contributed by atoms with Gasteiger partial charge in [0.05, 0.1) is 5.51 Å². The molecule has 42 valence electrons. The van der Waals surface area contributed by atoms with Gasteiger partial charge in [-0.1, -0.05) is 0 Å². The van der Waals surface area contributed by atoms with Crippen molar-refractivity contribution in [3.8, 4) is 0 Å². The van der Waals surface area contributed by atoms with Crippen LogP contribution in [0.4, 0.5) is 0 Å². The Morgan fingerprint density at radius 1 is 1.88 bits per heavy atom. The van der Waals surface area contributed by atoms with Crippen LogP contribution in [0.5, 0.6) is 0 Å². The van der Waals surface area contributed by atoms with Gasteiger partial charge in [0.2, 0.25) is 0 Å². The molecule has 1 heterocycles. The molecule has 4 heteroatoms. The second-order valence-electron chi connectivity index (χ2n) is 1.29. The average molecular weight is 127 g/mol. The maximum absolute atomic E-state index is 6.87. The lowest BCUT2D eigenvalue weighted by Crippen LogP contribution is -2.10. The molecule has 1 aromatic rings. The van der Waals surface area contributed by atoms with Crippen molar-refractivity contribution in [2.45, 2.75) is 0 Å². The quantitative estimate of drug-likeness (QED) is 0.424. The third-order valence-corrected chi connectivity index (χ3v) is 1.29. The van der Waals surface area contributed by atoms with E-state index < -0.39 is 0 Å². The second-order valence-corrected chi connectivity index (χ2v) is 2.01. The highest BCUT2D eigenvalue weighted by atomic mass is 32.1. The lowest BCUT2D eigenvalue weighted by Gasteiger charge is -1.83. The molecule has 3 nitrogen and oxygen atoms in total. The van der Waals surface area contributed by atoms with Crippen molar-refractivity contribution in [2.75, 3.05) is 0 Å². The van der Waals surface area contributed by atoms with E-state index >= 15 is 0 Å². The summed E-state index contributed by atoms with van der Waals surface area (Å²) in [5, 5.41) is 8.61. The minimum Gasteiger partial charge on any atom is -0.382 e. The normalized spacial score (nSPS) is 9.00. The molecule has 0 atom stereocenters. The van der Waals surface area contributed by atoms with E-state index in [9.17, 15) is 0 Å². The van der Waals surface area contributed by atoms with Gasteiger partial charge in [-0.3, -0.25) is 5.41 Å². The van der Waals surface area contributed by atoms with Gasteiger partial charge in [0, 0.05) is 5.38 Å². The topological polar surface area (TPSA) is 62.8 Å². The first-order chi connectivity index (χ1) is 3.80. The fraction of sp³-hybridized carbons (Fsp3) is 0. The Hall–Kier alpha value is -0.900. The molecule has 0 saturated heterocycles. The maximum Gasteiger partial charge on any atom is 0.142 e. The van der Waals surface area contributed by atoms with Crippen molar-refractivity contribution in [1.82, 2.24) is 4.98 Å². The number of rotatable bonds is 1. The number of amidine groups is 1. The highest BCUT2D eigenvalue weighted by molar-refractivity contribution is 7.07. The minimum absolute atomic E-state index is 0.0336. The molecule has 0 fully saturated rings. The van der Waals surface area contributed by atoms with E-state index in [4.69, 9.17) is 11.1 Å². The molecule has 0 aliphatic rings. The Bertz CT molecular complexity index is 179. The van der Waals surface area contributed by atoms with E-state index in [2.05, 4.69) is 4.98 Å². The molecular formula is C4H5N3S. The summed E-state index contributed by atoms with van der Waals surface area (Å²) in [6.07, 6.45) is 0. The molecule has 0 bridgehead atoms. The van der Waals surface area contributed by atoms with E-state index in [1.807, 2.05) is 0 Å². The van der Waals surface area contributed by atoms with Gasteiger partial charge in [-0.25, -0.2) is 4.98 Å². The number of hydrogen-bond donors (Lipinski definition) is 2. The van der Waals surface area contributed by atoms with Crippen LogP contribution in [-0.2, 0) is 0 Å². The number of thiazole rings is 1. The molecule has 0 spiro atoms. The smallest absolute Gasteiger partial charge is 0.142 e. The summed E-state index contributed by atoms with van der Waals surface area (Å²) in [5.41, 5.74) is 7.30. The van der Waals surface area contributed by atoms with Crippen molar-refractivity contribution in [1.29, 1.82) is 5.41 Å². The minimum atomic E-state index is 0.0336. The molecule has 0 aliphatic heterocycles. The Morgan fingerprint density at radius 2 is 2.62 bits per heavy atom. The molecule has 0 amide bonds. The first-order valence-corrected chi connectivity index (χ1v) is 2.97. The molecular weight excluding hydrogens is 122 g/mol. The van der Waals surface area contributed by atoms with Gasteiger partial charge in [-0.15, -0.1) is 11.3 Å². The monoisotopic (exact) mass is 127 g/mol. The van der Waals surface area contributed by atoms with E-state index in [0.29, 0.717) is 5.69 Å². The molecule has 0 aliphatic carbocycles. The zero-order valence-electron chi connectivity index (χ0n) is 4.09. The number of hydrogen-bond acceptors (Lipinski definition) is 3. The predicted molar refractivity (Wildman–Crippen MR) is 33.1 cm³/mol. The maximum atomic E-state index is 6.87. The lowest BCUT2D eigenvalue weighted by atomic mass is 10.5. The Kier molecular flexibility index (Phi) is 1.26. The Morgan fingerprint density at radius 3 is 2.88 bits per heavy atom. The van der Waals surface area contributed by atoms with Crippen LogP contribution in [0.1, 0.15) is 5.69 Å². The number of nitrogens with one attached hydrogen (secondary N) is 1. The number of nitrogens with two attached hydrogens (primary N) is 1. The van der Waals surface area contributed by atoms with Crippen LogP contribution in [0, 0.1) is 5.41 Å². The van der Waals surface area contributed by atoms with Crippen LogP contribution < -0.4 is 5.73 Å². The molecule has 1 aromatic heterocycles. The van der Waals surface area contributed by atoms with Crippen LogP contribution in [0.25, 0.3) is 0 Å². The largest absolute Gasteiger partial charge is 0.382 e. The fourth-order valence-electron chi connectivity index (χ4n) is 0.346. The first kappa shape index (κ1) is 5.24. The predicted octanol–water partition coefficient (Wildman–Crippen LogP) is 0.427. The van der Waals surface area contributed by atoms with Crippen LogP contribution in [0.3, 0.4) is 0 Å². The zero-order chi connectivity index (χ0) is 5.98. The van der Waals surface area contributed by atoms with Gasteiger partial charge in [0.25, 0.3) is 0 Å². The summed E-state index contributed by atoms with van der Waals surface area (Å²) in [6.45, 7) is 0. The van der Waals surface area contributed by atoms with Crippen LogP contribution in [0.15, 0.2) is 10.9 Å². The zero-order valence-corrected chi connectivity index (χ0v) is 4.90. The van der Waals surface area contributed by atoms with Crippen molar-refractivity contribution in [2.24, 2.45) is 5.73 Å². The molecule has 0 saturated carbocycles. The summed E-state index contributed by atoms with van der Waals surface area (Å²) in [5.74, 6) is 0.0336. The van der Waals surface area contributed by atoms with E-state index in [0.717, 1.165) is 0 Å². The standard InChI is InChI=1S/C4H5N3S/c5-4(6)3-1-8-2-7-3/h1-2H,(H3,5,6). The molecule has 8 heavy (non-hydrogen) atoms. The van der Waals surface area contributed by atoms with Crippen molar-refractivity contribution >= 4 is 17.2 Å². The van der Waals surface area contributed by atoms with E-state index in [1.165, 1.54) is 11.3 Å². The third kappa shape index (κ3) is 0.840. The third-order valence-electron chi connectivity index (χ3n) is 0.708. The number of nitrogens with zero attached hydrogens (tertiary/aromatic N) is 1. The summed E-state index contributed by atoms with van der Waals surface area (Å²) >= 11 is 1.44. The number of nitrogen functional groups attached to an aromatic ring is 1. The van der Waals surface area contributed by atoms with Gasteiger partial charge < -0.3 is 5.73 Å². The highest BCUT2D eigenvalue weighted by Gasteiger charge is 1.93. The Labute approximate surface area is 50.7 Å². The van der Waals surface area contributed by atoms with Gasteiger partial charge in [0.1, 0.15) is 11.5 Å². The molecule has 0 radical (unpaired) electrons. The van der Waals surface area contributed by atoms with Crippen LogP contribution >= 0.6 is 11.3 Å². The van der Waals surface area contributed by atoms with Crippen molar-refractivity contribution in [3.05, 3.63) is 16.6 Å².